The zero-order chi connectivity index (χ0) is 20.0. The van der Waals surface area contributed by atoms with E-state index in [-0.39, 0.29) is 18.1 Å². The van der Waals surface area contributed by atoms with Crippen molar-refractivity contribution < 1.29 is 9.90 Å². The van der Waals surface area contributed by atoms with Gasteiger partial charge in [0.05, 0.1) is 10.0 Å². The second kappa shape index (κ2) is 9.45. The minimum atomic E-state index is -0.216. The predicted octanol–water partition coefficient (Wildman–Crippen LogP) is 5.71. The molecule has 2 amide bonds. The molecule has 4 nitrogen and oxygen atoms in total. The highest BCUT2D eigenvalue weighted by Gasteiger charge is 2.21. The van der Waals surface area contributed by atoms with Crippen LogP contribution in [0.5, 0.6) is 0 Å². The van der Waals surface area contributed by atoms with Crippen molar-refractivity contribution in [1.29, 1.82) is 0 Å². The van der Waals surface area contributed by atoms with Gasteiger partial charge >= 0.3 is 6.03 Å². The van der Waals surface area contributed by atoms with E-state index >= 15 is 0 Å². The lowest BCUT2D eigenvalue weighted by Gasteiger charge is -2.27. The number of hydrogen-bond donors (Lipinski definition) is 2. The molecule has 0 aliphatic carbocycles. The molecular formula is C21H26Cl2N2O2. The number of nitrogens with zero attached hydrogens (tertiary/aromatic N) is 1. The van der Waals surface area contributed by atoms with Gasteiger partial charge in [0.15, 0.2) is 0 Å². The normalized spacial score (nSPS) is 11.3. The van der Waals surface area contributed by atoms with Gasteiger partial charge in [-0.25, -0.2) is 4.79 Å². The molecule has 6 heteroatoms. The molecule has 0 unspecified atom stereocenters. The van der Waals surface area contributed by atoms with Crippen LogP contribution in [0.3, 0.4) is 0 Å². The van der Waals surface area contributed by atoms with Gasteiger partial charge in [0.1, 0.15) is 0 Å². The fraction of sp³-hybridized carbons (Fsp3) is 0.381. The molecule has 146 valence electrons. The molecule has 0 bridgehead atoms. The van der Waals surface area contributed by atoms with E-state index in [1.165, 1.54) is 0 Å². The average Bonchev–Trinajstić information content (AvgIpc) is 2.61. The predicted molar refractivity (Wildman–Crippen MR) is 113 cm³/mol. The lowest BCUT2D eigenvalue weighted by atomic mass is 9.86. The summed E-state index contributed by atoms with van der Waals surface area (Å²) in [6, 6.07) is 12.9. The van der Waals surface area contributed by atoms with E-state index in [0.717, 1.165) is 16.8 Å². The Hall–Kier alpha value is -1.75. The molecule has 0 aliphatic heterocycles. The van der Waals surface area contributed by atoms with Crippen molar-refractivity contribution in [2.24, 2.45) is 0 Å². The molecule has 0 saturated heterocycles. The van der Waals surface area contributed by atoms with Gasteiger partial charge in [-0.1, -0.05) is 68.2 Å². The molecular weight excluding hydrogens is 383 g/mol. The quantitative estimate of drug-likeness (QED) is 0.642. The molecule has 2 aromatic carbocycles. The minimum Gasteiger partial charge on any atom is -0.396 e. The summed E-state index contributed by atoms with van der Waals surface area (Å²) >= 11 is 12.1. The SMILES string of the molecule is CC(C)(C)c1ccccc1NC(=O)N(CCCO)Cc1ccc(Cl)c(Cl)c1. The van der Waals surface area contributed by atoms with Crippen LogP contribution in [-0.2, 0) is 12.0 Å². The number of carbonyl (C=O) groups is 1. The van der Waals surface area contributed by atoms with E-state index < -0.39 is 0 Å². The number of para-hydroxylation sites is 1. The number of urea groups is 1. The Balaban J connectivity index is 2.21. The second-order valence-electron chi connectivity index (χ2n) is 7.47. The minimum absolute atomic E-state index is 0.0176. The maximum absolute atomic E-state index is 12.9. The number of aliphatic hydroxyl groups is 1. The Kier molecular flexibility index (Phi) is 7.54. The van der Waals surface area contributed by atoms with Crippen molar-refractivity contribution in [3.63, 3.8) is 0 Å². The number of rotatable bonds is 6. The smallest absolute Gasteiger partial charge is 0.322 e. The number of anilines is 1. The van der Waals surface area contributed by atoms with Crippen LogP contribution in [-0.4, -0.2) is 29.2 Å². The van der Waals surface area contributed by atoms with Gasteiger partial charge in [-0.15, -0.1) is 0 Å². The van der Waals surface area contributed by atoms with Crippen molar-refractivity contribution >= 4 is 34.9 Å². The summed E-state index contributed by atoms with van der Waals surface area (Å²) in [7, 11) is 0. The van der Waals surface area contributed by atoms with Crippen LogP contribution in [0.1, 0.15) is 38.3 Å². The summed E-state index contributed by atoms with van der Waals surface area (Å²) < 4.78 is 0. The van der Waals surface area contributed by atoms with Gasteiger partial charge in [0.25, 0.3) is 0 Å². The molecule has 2 N–H and O–H groups in total. The van der Waals surface area contributed by atoms with Gasteiger partial charge in [0.2, 0.25) is 0 Å². The number of nitrogens with one attached hydrogen (secondary N) is 1. The number of hydrogen-bond acceptors (Lipinski definition) is 2. The molecule has 0 heterocycles. The van der Waals surface area contributed by atoms with Crippen molar-refractivity contribution in [1.82, 2.24) is 4.90 Å². The van der Waals surface area contributed by atoms with E-state index in [1.807, 2.05) is 30.3 Å². The van der Waals surface area contributed by atoms with Crippen molar-refractivity contribution in [2.75, 3.05) is 18.5 Å². The highest BCUT2D eigenvalue weighted by molar-refractivity contribution is 6.42. The Bertz CT molecular complexity index is 788. The number of benzene rings is 2. The van der Waals surface area contributed by atoms with Crippen molar-refractivity contribution in [3.8, 4) is 0 Å². The van der Waals surface area contributed by atoms with Gasteiger partial charge in [-0.05, 0) is 41.2 Å². The first-order valence-electron chi connectivity index (χ1n) is 8.92. The third-order valence-electron chi connectivity index (χ3n) is 4.21. The Morgan fingerprint density at radius 3 is 2.44 bits per heavy atom. The van der Waals surface area contributed by atoms with E-state index in [1.54, 1.807) is 17.0 Å². The van der Waals surface area contributed by atoms with E-state index in [2.05, 4.69) is 26.1 Å². The van der Waals surface area contributed by atoms with Crippen LogP contribution < -0.4 is 5.32 Å². The topological polar surface area (TPSA) is 52.6 Å². The number of amides is 2. The molecule has 0 aliphatic rings. The Morgan fingerprint density at radius 1 is 1.11 bits per heavy atom. The third kappa shape index (κ3) is 6.13. The first-order chi connectivity index (χ1) is 12.7. The number of halogens is 2. The van der Waals surface area contributed by atoms with Gasteiger partial charge in [-0.3, -0.25) is 0 Å². The summed E-state index contributed by atoms with van der Waals surface area (Å²) in [5, 5.41) is 13.1. The first-order valence-corrected chi connectivity index (χ1v) is 9.68. The summed E-state index contributed by atoms with van der Waals surface area (Å²) in [5.74, 6) is 0. The zero-order valence-corrected chi connectivity index (χ0v) is 17.4. The van der Waals surface area contributed by atoms with Crippen molar-refractivity contribution in [3.05, 3.63) is 63.6 Å². The standard InChI is InChI=1S/C21H26Cl2N2O2/c1-21(2,3)16-7-4-5-8-19(16)24-20(27)25(11-6-12-26)14-15-9-10-17(22)18(23)13-15/h4-5,7-10,13,26H,6,11-12,14H2,1-3H3,(H,24,27). The fourth-order valence-electron chi connectivity index (χ4n) is 2.81. The maximum atomic E-state index is 12.9. The zero-order valence-electron chi connectivity index (χ0n) is 15.9. The molecule has 2 rings (SSSR count). The van der Waals surface area contributed by atoms with Gasteiger partial charge in [-0.2, -0.15) is 0 Å². The van der Waals surface area contributed by atoms with Crippen LogP contribution in [0.25, 0.3) is 0 Å². The highest BCUT2D eigenvalue weighted by Crippen LogP contribution is 2.29. The molecule has 0 aromatic heterocycles. The summed E-state index contributed by atoms with van der Waals surface area (Å²) in [6.45, 7) is 7.15. The average molecular weight is 409 g/mol. The Morgan fingerprint density at radius 2 is 1.81 bits per heavy atom. The van der Waals surface area contributed by atoms with E-state index in [0.29, 0.717) is 29.6 Å². The first kappa shape index (κ1) is 21.5. The van der Waals surface area contributed by atoms with E-state index in [4.69, 9.17) is 23.2 Å². The summed E-state index contributed by atoms with van der Waals surface area (Å²) in [6.07, 6.45) is 0.496. The highest BCUT2D eigenvalue weighted by atomic mass is 35.5. The summed E-state index contributed by atoms with van der Waals surface area (Å²) in [4.78, 5) is 14.6. The Labute approximate surface area is 171 Å². The van der Waals surface area contributed by atoms with E-state index in [9.17, 15) is 9.90 Å². The van der Waals surface area contributed by atoms with Gasteiger partial charge < -0.3 is 15.3 Å². The van der Waals surface area contributed by atoms with Crippen LogP contribution in [0, 0.1) is 0 Å². The summed E-state index contributed by atoms with van der Waals surface area (Å²) in [5.41, 5.74) is 2.64. The molecule has 0 spiro atoms. The second-order valence-corrected chi connectivity index (χ2v) is 8.29. The van der Waals surface area contributed by atoms with Crippen LogP contribution in [0.2, 0.25) is 10.0 Å². The molecule has 0 atom stereocenters. The fourth-order valence-corrected chi connectivity index (χ4v) is 3.13. The lowest BCUT2D eigenvalue weighted by molar-refractivity contribution is 0.199. The number of aliphatic hydroxyl groups excluding tert-OH is 1. The maximum Gasteiger partial charge on any atom is 0.322 e. The monoisotopic (exact) mass is 408 g/mol. The molecule has 2 aromatic rings. The van der Waals surface area contributed by atoms with Gasteiger partial charge in [0, 0.05) is 25.4 Å². The largest absolute Gasteiger partial charge is 0.396 e. The van der Waals surface area contributed by atoms with Crippen molar-refractivity contribution in [2.45, 2.75) is 39.2 Å². The third-order valence-corrected chi connectivity index (χ3v) is 4.95. The molecule has 0 fully saturated rings. The molecule has 0 saturated carbocycles. The van der Waals surface area contributed by atoms with Crippen LogP contribution in [0.15, 0.2) is 42.5 Å². The number of carbonyl (C=O) groups excluding carboxylic acids is 1. The molecule has 0 radical (unpaired) electrons. The lowest BCUT2D eigenvalue weighted by Crippen LogP contribution is -2.36. The van der Waals surface area contributed by atoms with Crippen LogP contribution in [0.4, 0.5) is 10.5 Å². The molecule has 27 heavy (non-hydrogen) atoms. The van der Waals surface area contributed by atoms with Crippen LogP contribution >= 0.6 is 23.2 Å².